The highest BCUT2D eigenvalue weighted by molar-refractivity contribution is 5.67. The molecule has 2 heterocycles. The summed E-state index contributed by atoms with van der Waals surface area (Å²) in [6.07, 6.45) is 10.9. The van der Waals surface area contributed by atoms with E-state index in [4.69, 9.17) is 5.26 Å². The maximum Gasteiger partial charge on any atom is 0.101 e. The smallest absolute Gasteiger partial charge is 0.101 e. The van der Waals surface area contributed by atoms with Gasteiger partial charge in [-0.3, -0.25) is 4.98 Å². The molecule has 0 radical (unpaired) electrons. The van der Waals surface area contributed by atoms with Crippen molar-refractivity contribution in [1.82, 2.24) is 10.3 Å². The van der Waals surface area contributed by atoms with E-state index in [9.17, 15) is 0 Å². The number of fused-ring (bicyclic) bond motifs is 1. The highest BCUT2D eigenvalue weighted by Crippen LogP contribution is 2.34. The van der Waals surface area contributed by atoms with Crippen molar-refractivity contribution in [3.63, 3.8) is 0 Å². The molecule has 92 valence electrons. The number of piperidine rings is 1. The summed E-state index contributed by atoms with van der Waals surface area (Å²) in [7, 11) is 0. The Balaban J connectivity index is 1.88. The molecule has 3 rings (SSSR count). The highest BCUT2D eigenvalue weighted by Gasteiger charge is 2.27. The Morgan fingerprint density at radius 2 is 2.28 bits per heavy atom. The van der Waals surface area contributed by atoms with Crippen LogP contribution in [0.3, 0.4) is 0 Å². The molecule has 1 fully saturated rings. The van der Waals surface area contributed by atoms with Crippen LogP contribution in [-0.4, -0.2) is 17.6 Å². The van der Waals surface area contributed by atoms with Crippen molar-refractivity contribution >= 4 is 5.57 Å². The van der Waals surface area contributed by atoms with Gasteiger partial charge in [-0.05, 0) is 55.3 Å². The predicted octanol–water partition coefficient (Wildman–Crippen LogP) is 2.50. The van der Waals surface area contributed by atoms with Crippen LogP contribution in [0.1, 0.15) is 36.8 Å². The Kier molecular flexibility index (Phi) is 3.12. The molecule has 3 nitrogen and oxygen atoms in total. The number of pyridine rings is 1. The fraction of sp³-hybridized carbons (Fsp3) is 0.467. The molecule has 18 heavy (non-hydrogen) atoms. The lowest BCUT2D eigenvalue weighted by molar-refractivity contribution is 0.298. The molecule has 2 atom stereocenters. The largest absolute Gasteiger partial charge is 0.310 e. The van der Waals surface area contributed by atoms with Crippen molar-refractivity contribution in [2.75, 3.05) is 6.54 Å². The minimum atomic E-state index is 0.522. The second kappa shape index (κ2) is 4.91. The molecule has 1 saturated heterocycles. The normalized spacial score (nSPS) is 26.9. The standard InChI is InChI=1S/C15H17N3/c16-8-11-6-14(10-17-9-11)13-4-3-12-2-1-5-18-15(12)7-13/h6-7,9-10,12,15,18H,1-5H2/t12-,15+/m0/s1. The Bertz CT molecular complexity index is 513. The highest BCUT2D eigenvalue weighted by atomic mass is 14.9. The Hall–Kier alpha value is -1.66. The van der Waals surface area contributed by atoms with Gasteiger partial charge in [0.2, 0.25) is 0 Å². The summed E-state index contributed by atoms with van der Waals surface area (Å²) >= 11 is 0. The number of nitrogens with one attached hydrogen (secondary N) is 1. The van der Waals surface area contributed by atoms with E-state index in [1.165, 1.54) is 24.8 Å². The van der Waals surface area contributed by atoms with E-state index in [0.29, 0.717) is 11.6 Å². The Morgan fingerprint density at radius 3 is 3.17 bits per heavy atom. The van der Waals surface area contributed by atoms with Gasteiger partial charge < -0.3 is 5.32 Å². The van der Waals surface area contributed by atoms with Crippen molar-refractivity contribution in [2.45, 2.75) is 31.7 Å². The number of hydrogen-bond donors (Lipinski definition) is 1. The monoisotopic (exact) mass is 239 g/mol. The lowest BCUT2D eigenvalue weighted by Gasteiger charge is -2.35. The minimum absolute atomic E-state index is 0.522. The van der Waals surface area contributed by atoms with E-state index in [1.54, 1.807) is 6.20 Å². The van der Waals surface area contributed by atoms with Crippen LogP contribution in [-0.2, 0) is 0 Å². The topological polar surface area (TPSA) is 48.7 Å². The second-order valence-corrected chi connectivity index (χ2v) is 5.19. The number of hydrogen-bond acceptors (Lipinski definition) is 3. The first-order valence-corrected chi connectivity index (χ1v) is 6.66. The average molecular weight is 239 g/mol. The molecule has 0 aromatic carbocycles. The predicted molar refractivity (Wildman–Crippen MR) is 70.7 cm³/mol. The molecule has 1 N–H and O–H groups in total. The molecule has 2 aliphatic rings. The molecule has 1 aromatic rings. The zero-order valence-corrected chi connectivity index (χ0v) is 10.4. The summed E-state index contributed by atoms with van der Waals surface area (Å²) in [6, 6.07) is 4.63. The van der Waals surface area contributed by atoms with Gasteiger partial charge in [0.1, 0.15) is 6.07 Å². The number of nitrogens with zero attached hydrogens (tertiary/aromatic N) is 2. The third-order valence-electron chi connectivity index (χ3n) is 4.04. The number of aromatic nitrogens is 1. The molecule has 1 aliphatic carbocycles. The average Bonchev–Trinajstić information content (AvgIpc) is 2.47. The summed E-state index contributed by atoms with van der Waals surface area (Å²) in [5, 5.41) is 12.5. The van der Waals surface area contributed by atoms with Crippen LogP contribution in [0.5, 0.6) is 0 Å². The van der Waals surface area contributed by atoms with Crippen molar-refractivity contribution in [1.29, 1.82) is 5.26 Å². The van der Waals surface area contributed by atoms with E-state index in [1.807, 2.05) is 12.3 Å². The Morgan fingerprint density at radius 1 is 1.33 bits per heavy atom. The molecular weight excluding hydrogens is 222 g/mol. The maximum absolute atomic E-state index is 8.93. The van der Waals surface area contributed by atoms with Crippen molar-refractivity contribution in [3.8, 4) is 6.07 Å². The van der Waals surface area contributed by atoms with Crippen LogP contribution < -0.4 is 5.32 Å². The van der Waals surface area contributed by atoms with E-state index in [0.717, 1.165) is 24.4 Å². The van der Waals surface area contributed by atoms with Gasteiger partial charge in [0.15, 0.2) is 0 Å². The van der Waals surface area contributed by atoms with Gasteiger partial charge in [-0.15, -0.1) is 0 Å². The van der Waals surface area contributed by atoms with Crippen LogP contribution in [0.2, 0.25) is 0 Å². The minimum Gasteiger partial charge on any atom is -0.310 e. The summed E-state index contributed by atoms with van der Waals surface area (Å²) in [5.41, 5.74) is 3.10. The van der Waals surface area contributed by atoms with E-state index >= 15 is 0 Å². The molecule has 1 aromatic heterocycles. The number of nitriles is 1. The molecule has 0 unspecified atom stereocenters. The molecular formula is C15H17N3. The quantitative estimate of drug-likeness (QED) is 0.819. The zero-order chi connectivity index (χ0) is 12.4. The summed E-state index contributed by atoms with van der Waals surface area (Å²) in [5.74, 6) is 0.801. The fourth-order valence-electron chi connectivity index (χ4n) is 3.06. The SMILES string of the molecule is N#Cc1cncc(C2=C[C@H]3NCCC[C@H]3CC2)c1. The van der Waals surface area contributed by atoms with Crippen molar-refractivity contribution < 1.29 is 0 Å². The van der Waals surface area contributed by atoms with Gasteiger partial charge in [0.25, 0.3) is 0 Å². The Labute approximate surface area is 108 Å². The van der Waals surface area contributed by atoms with Crippen molar-refractivity contribution in [3.05, 3.63) is 35.7 Å². The lowest BCUT2D eigenvalue weighted by Crippen LogP contribution is -2.41. The summed E-state index contributed by atoms with van der Waals surface area (Å²) in [4.78, 5) is 4.15. The van der Waals surface area contributed by atoms with Gasteiger partial charge in [0.05, 0.1) is 5.56 Å². The van der Waals surface area contributed by atoms with Gasteiger partial charge in [-0.1, -0.05) is 6.08 Å². The molecule has 0 amide bonds. The van der Waals surface area contributed by atoms with Gasteiger partial charge in [-0.25, -0.2) is 0 Å². The van der Waals surface area contributed by atoms with E-state index in [2.05, 4.69) is 22.4 Å². The fourth-order valence-corrected chi connectivity index (χ4v) is 3.06. The van der Waals surface area contributed by atoms with Crippen LogP contribution >= 0.6 is 0 Å². The maximum atomic E-state index is 8.93. The van der Waals surface area contributed by atoms with Crippen LogP contribution in [0, 0.1) is 17.2 Å². The third-order valence-corrected chi connectivity index (χ3v) is 4.04. The first kappa shape index (κ1) is 11.4. The number of rotatable bonds is 1. The second-order valence-electron chi connectivity index (χ2n) is 5.19. The van der Waals surface area contributed by atoms with Gasteiger partial charge >= 0.3 is 0 Å². The van der Waals surface area contributed by atoms with E-state index < -0.39 is 0 Å². The van der Waals surface area contributed by atoms with Gasteiger partial charge in [-0.2, -0.15) is 5.26 Å². The molecule has 3 heteroatoms. The molecule has 0 bridgehead atoms. The van der Waals surface area contributed by atoms with Crippen LogP contribution in [0.25, 0.3) is 5.57 Å². The van der Waals surface area contributed by atoms with Crippen LogP contribution in [0.15, 0.2) is 24.5 Å². The lowest BCUT2D eigenvalue weighted by atomic mass is 9.79. The van der Waals surface area contributed by atoms with Gasteiger partial charge in [0, 0.05) is 18.4 Å². The van der Waals surface area contributed by atoms with Crippen LogP contribution in [0.4, 0.5) is 0 Å². The molecule has 0 spiro atoms. The molecule has 1 aliphatic heterocycles. The third kappa shape index (κ3) is 2.16. The van der Waals surface area contributed by atoms with E-state index in [-0.39, 0.29) is 0 Å². The zero-order valence-electron chi connectivity index (χ0n) is 10.4. The number of allylic oxidation sites excluding steroid dienone is 1. The first-order chi connectivity index (χ1) is 8.86. The summed E-state index contributed by atoms with van der Waals surface area (Å²) in [6.45, 7) is 1.13. The first-order valence-electron chi connectivity index (χ1n) is 6.66. The molecule has 0 saturated carbocycles. The summed E-state index contributed by atoms with van der Waals surface area (Å²) < 4.78 is 0. The van der Waals surface area contributed by atoms with Crippen molar-refractivity contribution in [2.24, 2.45) is 5.92 Å².